The summed E-state index contributed by atoms with van der Waals surface area (Å²) in [6.45, 7) is -3.16. The van der Waals surface area contributed by atoms with E-state index in [1.165, 1.54) is 35.8 Å². The summed E-state index contributed by atoms with van der Waals surface area (Å²) in [7, 11) is 0. The number of nitrogens with one attached hydrogen (secondary N) is 2. The minimum atomic E-state index is -3.05. The predicted molar refractivity (Wildman–Crippen MR) is 107 cm³/mol. The first-order valence-corrected chi connectivity index (χ1v) is 9.93. The SMILES string of the molecule is O=C(NCc1ccc(CNC(=O)c2sccc2OC(F)F)cc1F)c1cnnc(Cl)c1. The van der Waals surface area contributed by atoms with Crippen LogP contribution < -0.4 is 15.4 Å². The van der Waals surface area contributed by atoms with Crippen molar-refractivity contribution in [2.75, 3.05) is 0 Å². The minimum Gasteiger partial charge on any atom is -0.433 e. The number of hydrogen-bond acceptors (Lipinski definition) is 6. The van der Waals surface area contributed by atoms with E-state index in [1.807, 2.05) is 0 Å². The van der Waals surface area contributed by atoms with Crippen molar-refractivity contribution in [2.45, 2.75) is 19.7 Å². The number of nitrogens with zero attached hydrogens (tertiary/aromatic N) is 2. The molecule has 0 aliphatic heterocycles. The van der Waals surface area contributed by atoms with Crippen molar-refractivity contribution in [3.05, 3.63) is 74.4 Å². The van der Waals surface area contributed by atoms with E-state index in [1.54, 1.807) is 6.07 Å². The molecule has 0 fully saturated rings. The molecule has 162 valence electrons. The van der Waals surface area contributed by atoms with Gasteiger partial charge in [-0.1, -0.05) is 23.7 Å². The number of amides is 2. The summed E-state index contributed by atoms with van der Waals surface area (Å²) in [6.07, 6.45) is 1.23. The number of carbonyl (C=O) groups excluding carboxylic acids is 2. The molecular weight excluding hydrogens is 457 g/mol. The van der Waals surface area contributed by atoms with Crippen LogP contribution in [0.1, 0.15) is 31.2 Å². The van der Waals surface area contributed by atoms with E-state index in [4.69, 9.17) is 11.6 Å². The maximum absolute atomic E-state index is 14.4. The molecule has 2 heterocycles. The number of alkyl halides is 2. The largest absolute Gasteiger partial charge is 0.433 e. The van der Waals surface area contributed by atoms with Crippen LogP contribution in [0.15, 0.2) is 41.9 Å². The van der Waals surface area contributed by atoms with E-state index in [0.717, 1.165) is 11.3 Å². The molecule has 0 bridgehead atoms. The zero-order chi connectivity index (χ0) is 22.4. The smallest absolute Gasteiger partial charge is 0.387 e. The van der Waals surface area contributed by atoms with Gasteiger partial charge in [0.2, 0.25) is 0 Å². The van der Waals surface area contributed by atoms with Crippen molar-refractivity contribution in [1.29, 1.82) is 0 Å². The highest BCUT2D eigenvalue weighted by atomic mass is 35.5. The maximum Gasteiger partial charge on any atom is 0.387 e. The van der Waals surface area contributed by atoms with Crippen molar-refractivity contribution in [3.8, 4) is 5.75 Å². The van der Waals surface area contributed by atoms with E-state index in [9.17, 15) is 22.8 Å². The molecule has 7 nitrogen and oxygen atoms in total. The second-order valence-electron chi connectivity index (χ2n) is 6.05. The number of hydrogen-bond donors (Lipinski definition) is 2. The zero-order valence-electron chi connectivity index (χ0n) is 15.6. The molecule has 0 saturated carbocycles. The lowest BCUT2D eigenvalue weighted by Crippen LogP contribution is -2.24. The third kappa shape index (κ3) is 6.15. The van der Waals surface area contributed by atoms with Crippen LogP contribution in [0.2, 0.25) is 5.15 Å². The molecule has 0 atom stereocenters. The first-order chi connectivity index (χ1) is 14.8. The van der Waals surface area contributed by atoms with Gasteiger partial charge in [-0.25, -0.2) is 4.39 Å². The van der Waals surface area contributed by atoms with Crippen LogP contribution in [0.4, 0.5) is 13.2 Å². The molecule has 0 unspecified atom stereocenters. The van der Waals surface area contributed by atoms with Gasteiger partial charge in [-0.05, 0) is 29.1 Å². The average Bonchev–Trinajstić information content (AvgIpc) is 3.18. The van der Waals surface area contributed by atoms with Crippen LogP contribution >= 0.6 is 22.9 Å². The fourth-order valence-electron chi connectivity index (χ4n) is 2.50. The number of carbonyl (C=O) groups is 2. The molecule has 1 aromatic carbocycles. The lowest BCUT2D eigenvalue weighted by Gasteiger charge is -2.10. The number of ether oxygens (including phenoxy) is 1. The van der Waals surface area contributed by atoms with E-state index in [-0.39, 0.29) is 40.0 Å². The van der Waals surface area contributed by atoms with E-state index >= 15 is 0 Å². The monoisotopic (exact) mass is 470 g/mol. The summed E-state index contributed by atoms with van der Waals surface area (Å²) < 4.78 is 43.4. The van der Waals surface area contributed by atoms with Crippen molar-refractivity contribution >= 4 is 34.8 Å². The molecule has 0 saturated heterocycles. The molecule has 2 aromatic heterocycles. The van der Waals surface area contributed by atoms with Gasteiger partial charge in [0.05, 0.1) is 11.8 Å². The zero-order valence-corrected chi connectivity index (χ0v) is 17.1. The third-order valence-corrected chi connectivity index (χ3v) is 5.03. The standard InChI is InChI=1S/C19H14ClF3N4O3S/c20-15-6-12(9-26-27-15)17(28)25-8-11-2-1-10(5-13(11)21)7-24-18(29)16-14(3-4-31-16)30-19(22)23/h1-6,9,19H,7-8H2,(H,24,29)(H,25,28). The third-order valence-electron chi connectivity index (χ3n) is 3.95. The van der Waals surface area contributed by atoms with Crippen LogP contribution in [0, 0.1) is 5.82 Å². The van der Waals surface area contributed by atoms with Crippen molar-refractivity contribution in [2.24, 2.45) is 0 Å². The molecule has 0 spiro atoms. The van der Waals surface area contributed by atoms with Gasteiger partial charge < -0.3 is 15.4 Å². The Balaban J connectivity index is 1.56. The summed E-state index contributed by atoms with van der Waals surface area (Å²) in [4.78, 5) is 24.2. The van der Waals surface area contributed by atoms with E-state index < -0.39 is 24.2 Å². The minimum absolute atomic E-state index is 0.00851. The highest BCUT2D eigenvalue weighted by Crippen LogP contribution is 2.26. The Hall–Kier alpha value is -3.18. The van der Waals surface area contributed by atoms with Crippen LogP contribution in [-0.4, -0.2) is 28.6 Å². The van der Waals surface area contributed by atoms with Gasteiger partial charge in [0, 0.05) is 18.7 Å². The van der Waals surface area contributed by atoms with Gasteiger partial charge in [0.1, 0.15) is 16.4 Å². The Morgan fingerprint density at radius 3 is 2.61 bits per heavy atom. The maximum atomic E-state index is 14.4. The van der Waals surface area contributed by atoms with Crippen LogP contribution in [-0.2, 0) is 13.1 Å². The molecule has 0 radical (unpaired) electrons. The van der Waals surface area contributed by atoms with Gasteiger partial charge in [-0.3, -0.25) is 9.59 Å². The Morgan fingerprint density at radius 1 is 1.13 bits per heavy atom. The lowest BCUT2D eigenvalue weighted by molar-refractivity contribution is -0.0498. The summed E-state index contributed by atoms with van der Waals surface area (Å²) >= 11 is 6.63. The van der Waals surface area contributed by atoms with Crippen LogP contribution in [0.5, 0.6) is 5.75 Å². The number of aromatic nitrogens is 2. The highest BCUT2D eigenvalue weighted by Gasteiger charge is 2.17. The molecule has 0 aliphatic rings. The Kier molecular flexibility index (Phi) is 7.42. The summed E-state index contributed by atoms with van der Waals surface area (Å²) in [6, 6.07) is 6.84. The van der Waals surface area contributed by atoms with Gasteiger partial charge in [-0.15, -0.1) is 16.4 Å². The van der Waals surface area contributed by atoms with Crippen LogP contribution in [0.3, 0.4) is 0 Å². The Labute approximate surface area is 183 Å². The number of halogens is 4. The Morgan fingerprint density at radius 2 is 1.90 bits per heavy atom. The van der Waals surface area contributed by atoms with Gasteiger partial charge >= 0.3 is 6.61 Å². The lowest BCUT2D eigenvalue weighted by atomic mass is 10.1. The van der Waals surface area contributed by atoms with Crippen molar-refractivity contribution in [3.63, 3.8) is 0 Å². The van der Waals surface area contributed by atoms with Gasteiger partial charge in [0.15, 0.2) is 5.15 Å². The molecule has 0 aliphatic carbocycles. The topological polar surface area (TPSA) is 93.2 Å². The predicted octanol–water partition coefficient (Wildman–Crippen LogP) is 3.79. The first-order valence-electron chi connectivity index (χ1n) is 8.67. The second-order valence-corrected chi connectivity index (χ2v) is 7.35. The molecule has 2 N–H and O–H groups in total. The van der Waals surface area contributed by atoms with Gasteiger partial charge in [-0.2, -0.15) is 13.9 Å². The summed E-state index contributed by atoms with van der Waals surface area (Å²) in [5.41, 5.74) is 0.852. The van der Waals surface area contributed by atoms with Crippen molar-refractivity contribution < 1.29 is 27.5 Å². The quantitative estimate of drug-likeness (QED) is 0.522. The van der Waals surface area contributed by atoms with Crippen molar-refractivity contribution in [1.82, 2.24) is 20.8 Å². The molecule has 2 amide bonds. The van der Waals surface area contributed by atoms with Gasteiger partial charge in [0.25, 0.3) is 11.8 Å². The summed E-state index contributed by atoms with van der Waals surface area (Å²) in [5.74, 6) is -1.92. The average molecular weight is 471 g/mol. The Bertz CT molecular complexity index is 1100. The highest BCUT2D eigenvalue weighted by molar-refractivity contribution is 7.12. The molecule has 3 rings (SSSR count). The number of benzene rings is 1. The normalized spacial score (nSPS) is 10.7. The van der Waals surface area contributed by atoms with Crippen LogP contribution in [0.25, 0.3) is 0 Å². The fraction of sp³-hybridized carbons (Fsp3) is 0.158. The van der Waals surface area contributed by atoms with E-state index in [0.29, 0.717) is 5.56 Å². The van der Waals surface area contributed by atoms with E-state index in [2.05, 4.69) is 25.6 Å². The molecule has 3 aromatic rings. The number of thiophene rings is 1. The number of rotatable bonds is 8. The first kappa shape index (κ1) is 22.5. The summed E-state index contributed by atoms with van der Waals surface area (Å²) in [5, 5.41) is 13.7. The molecular formula is C19H14ClF3N4O3S. The second kappa shape index (κ2) is 10.2. The molecule has 31 heavy (non-hydrogen) atoms. The molecule has 12 heteroatoms. The fourth-order valence-corrected chi connectivity index (χ4v) is 3.40.